The lowest BCUT2D eigenvalue weighted by Gasteiger charge is -2.10. The highest BCUT2D eigenvalue weighted by molar-refractivity contribution is 7.80. The maximum absolute atomic E-state index is 13.3. The van der Waals surface area contributed by atoms with Crippen LogP contribution in [0.4, 0.5) is 15.9 Å². The number of rotatable bonds is 3. The van der Waals surface area contributed by atoms with E-state index in [0.29, 0.717) is 17.1 Å². The molecule has 0 amide bonds. The van der Waals surface area contributed by atoms with Gasteiger partial charge >= 0.3 is 0 Å². The topological polar surface area (TPSA) is 50.9 Å². The van der Waals surface area contributed by atoms with Crippen LogP contribution in [0.25, 0.3) is 0 Å². The van der Waals surface area contributed by atoms with Gasteiger partial charge in [-0.15, -0.1) is 0 Å². The molecule has 3 nitrogen and oxygen atoms in total. The fourth-order valence-electron chi connectivity index (χ4n) is 1.65. The Bertz CT molecular complexity index is 668. The molecule has 7 heteroatoms. The van der Waals surface area contributed by atoms with Crippen molar-refractivity contribution in [2.75, 3.05) is 5.32 Å². The molecular weight excluding hydrogens is 320 g/mol. The van der Waals surface area contributed by atoms with Crippen LogP contribution in [-0.2, 0) is 0 Å². The Labute approximate surface area is 130 Å². The van der Waals surface area contributed by atoms with E-state index in [9.17, 15) is 4.39 Å². The van der Waals surface area contributed by atoms with Crippen molar-refractivity contribution in [3.8, 4) is 0 Å². The summed E-state index contributed by atoms with van der Waals surface area (Å²) in [7, 11) is 0. The molecular formula is C13H10Cl2FN3S. The minimum atomic E-state index is -0.653. The van der Waals surface area contributed by atoms with Gasteiger partial charge in [-0.3, -0.25) is 0 Å². The zero-order valence-corrected chi connectivity index (χ0v) is 12.7. The first-order valence-corrected chi connectivity index (χ1v) is 6.73. The Morgan fingerprint density at radius 2 is 1.85 bits per heavy atom. The van der Waals surface area contributed by atoms with E-state index >= 15 is 0 Å². The molecule has 0 saturated carbocycles. The number of anilines is 2. The fourth-order valence-corrected chi connectivity index (χ4v) is 2.26. The predicted octanol–water partition coefficient (Wildman–Crippen LogP) is 4.21. The van der Waals surface area contributed by atoms with Gasteiger partial charge in [0, 0.05) is 16.9 Å². The second-order valence-electron chi connectivity index (χ2n) is 4.13. The largest absolute Gasteiger partial charge is 0.389 e. The molecule has 0 unspecified atom stereocenters. The molecule has 0 fully saturated rings. The van der Waals surface area contributed by atoms with E-state index in [2.05, 4.69) is 10.3 Å². The Balaban J connectivity index is 2.37. The molecule has 0 saturated heterocycles. The number of nitrogens with zero attached hydrogens (tertiary/aromatic N) is 1. The maximum atomic E-state index is 13.3. The number of halogens is 3. The number of nitrogens with one attached hydrogen (secondary N) is 1. The van der Waals surface area contributed by atoms with Crippen molar-refractivity contribution >= 4 is 51.9 Å². The minimum absolute atomic E-state index is 0.0674. The summed E-state index contributed by atoms with van der Waals surface area (Å²) in [5, 5.41) is 2.85. The van der Waals surface area contributed by atoms with Gasteiger partial charge in [0.15, 0.2) is 5.82 Å². The number of hydrogen-bond donors (Lipinski definition) is 2. The molecule has 104 valence electrons. The van der Waals surface area contributed by atoms with Gasteiger partial charge in [-0.25, -0.2) is 9.37 Å². The molecule has 0 aliphatic rings. The Morgan fingerprint density at radius 1 is 1.25 bits per heavy atom. The van der Waals surface area contributed by atoms with Gasteiger partial charge in [-0.05, 0) is 31.2 Å². The second-order valence-corrected chi connectivity index (χ2v) is 5.38. The summed E-state index contributed by atoms with van der Waals surface area (Å²) in [5.41, 5.74) is 7.56. The lowest BCUT2D eigenvalue weighted by atomic mass is 10.2. The lowest BCUT2D eigenvalue weighted by molar-refractivity contribution is 0.629. The van der Waals surface area contributed by atoms with Crippen LogP contribution in [-0.4, -0.2) is 9.97 Å². The smallest absolute Gasteiger partial charge is 0.160 e. The van der Waals surface area contributed by atoms with Crippen molar-refractivity contribution < 1.29 is 4.39 Å². The molecule has 3 N–H and O–H groups in total. The molecule has 0 spiro atoms. The van der Waals surface area contributed by atoms with Gasteiger partial charge in [-0.2, -0.15) is 0 Å². The number of benzene rings is 1. The van der Waals surface area contributed by atoms with Gasteiger partial charge in [-0.1, -0.05) is 35.4 Å². The number of aromatic nitrogens is 1. The summed E-state index contributed by atoms with van der Waals surface area (Å²) >= 11 is 16.4. The van der Waals surface area contributed by atoms with Crippen LogP contribution in [0, 0.1) is 12.7 Å². The van der Waals surface area contributed by atoms with Crippen LogP contribution in [0.3, 0.4) is 0 Å². The Morgan fingerprint density at radius 3 is 2.40 bits per heavy atom. The van der Waals surface area contributed by atoms with E-state index in [0.717, 1.165) is 5.69 Å². The summed E-state index contributed by atoms with van der Waals surface area (Å²) in [6.07, 6.45) is 0. The van der Waals surface area contributed by atoms with Crippen LogP contribution >= 0.6 is 35.4 Å². The summed E-state index contributed by atoms with van der Waals surface area (Å²) < 4.78 is 13.3. The summed E-state index contributed by atoms with van der Waals surface area (Å²) in [6, 6.07) is 6.32. The first-order valence-electron chi connectivity index (χ1n) is 5.57. The molecule has 0 aliphatic carbocycles. The lowest BCUT2D eigenvalue weighted by Crippen LogP contribution is -2.10. The van der Waals surface area contributed by atoms with Crippen LogP contribution in [0.5, 0.6) is 0 Å². The predicted molar refractivity (Wildman–Crippen MR) is 84.6 cm³/mol. The van der Waals surface area contributed by atoms with Gasteiger partial charge in [0.2, 0.25) is 0 Å². The molecule has 1 heterocycles. The SMILES string of the molecule is Cc1cc(C(N)=S)cc(Nc2cc(Cl)c(F)c(Cl)c2)n1. The van der Waals surface area contributed by atoms with Crippen molar-refractivity contribution in [3.05, 3.63) is 51.4 Å². The van der Waals surface area contributed by atoms with Crippen LogP contribution in [0.15, 0.2) is 24.3 Å². The molecule has 0 radical (unpaired) electrons. The molecule has 0 atom stereocenters. The van der Waals surface area contributed by atoms with Gasteiger partial charge in [0.1, 0.15) is 10.8 Å². The van der Waals surface area contributed by atoms with Crippen molar-refractivity contribution in [2.45, 2.75) is 6.92 Å². The standard InChI is InChI=1S/C13H10Cl2FN3S/c1-6-2-7(13(17)20)3-11(18-6)19-8-4-9(14)12(16)10(15)5-8/h2-5H,1H3,(H2,17,20)(H,18,19). The molecule has 1 aromatic heterocycles. The van der Waals surface area contributed by atoms with Crippen LogP contribution in [0.2, 0.25) is 10.0 Å². The highest BCUT2D eigenvalue weighted by Gasteiger charge is 2.09. The average molecular weight is 330 g/mol. The van der Waals surface area contributed by atoms with Gasteiger partial charge in [0.05, 0.1) is 10.0 Å². The van der Waals surface area contributed by atoms with Crippen LogP contribution < -0.4 is 11.1 Å². The quantitative estimate of drug-likeness (QED) is 0.654. The van der Waals surface area contributed by atoms with Crippen molar-refractivity contribution in [1.29, 1.82) is 0 Å². The molecule has 2 aromatic rings. The van der Waals surface area contributed by atoms with E-state index < -0.39 is 5.82 Å². The van der Waals surface area contributed by atoms with Crippen LogP contribution in [0.1, 0.15) is 11.3 Å². The number of nitrogens with two attached hydrogens (primary N) is 1. The van der Waals surface area contributed by atoms with E-state index in [1.165, 1.54) is 12.1 Å². The highest BCUT2D eigenvalue weighted by atomic mass is 35.5. The summed E-state index contributed by atoms with van der Waals surface area (Å²) in [6.45, 7) is 1.82. The second kappa shape index (κ2) is 5.91. The molecule has 20 heavy (non-hydrogen) atoms. The number of thiocarbonyl (C=S) groups is 1. The van der Waals surface area contributed by atoms with E-state index in [4.69, 9.17) is 41.2 Å². The maximum Gasteiger partial charge on any atom is 0.160 e. The Hall–Kier alpha value is -1.43. The van der Waals surface area contributed by atoms with Crippen molar-refractivity contribution in [1.82, 2.24) is 4.98 Å². The van der Waals surface area contributed by atoms with E-state index in [1.54, 1.807) is 12.1 Å². The number of aryl methyl sites for hydroxylation is 1. The molecule has 0 aliphatic heterocycles. The third-order valence-electron chi connectivity index (χ3n) is 2.49. The zero-order chi connectivity index (χ0) is 14.9. The molecule has 0 bridgehead atoms. The van der Waals surface area contributed by atoms with Crippen molar-refractivity contribution in [3.63, 3.8) is 0 Å². The molecule has 1 aromatic carbocycles. The minimum Gasteiger partial charge on any atom is -0.389 e. The van der Waals surface area contributed by atoms with E-state index in [1.807, 2.05) is 6.92 Å². The first-order chi connectivity index (χ1) is 9.36. The van der Waals surface area contributed by atoms with E-state index in [-0.39, 0.29) is 15.0 Å². The van der Waals surface area contributed by atoms with Gasteiger partial charge in [0.25, 0.3) is 0 Å². The zero-order valence-electron chi connectivity index (χ0n) is 10.4. The highest BCUT2D eigenvalue weighted by Crippen LogP contribution is 2.29. The van der Waals surface area contributed by atoms with Gasteiger partial charge < -0.3 is 11.1 Å². The third-order valence-corrected chi connectivity index (χ3v) is 3.28. The first kappa shape index (κ1) is 15.0. The fraction of sp³-hybridized carbons (Fsp3) is 0.0769. The summed E-state index contributed by atoms with van der Waals surface area (Å²) in [4.78, 5) is 4.56. The number of hydrogen-bond acceptors (Lipinski definition) is 3. The summed E-state index contributed by atoms with van der Waals surface area (Å²) in [5.74, 6) is -0.133. The molecule has 2 rings (SSSR count). The normalized spacial score (nSPS) is 10.4. The van der Waals surface area contributed by atoms with Crippen molar-refractivity contribution in [2.24, 2.45) is 5.73 Å². The number of pyridine rings is 1. The Kier molecular flexibility index (Phi) is 4.42. The monoisotopic (exact) mass is 329 g/mol. The third kappa shape index (κ3) is 3.36. The average Bonchev–Trinajstić information content (AvgIpc) is 2.35.